The van der Waals surface area contributed by atoms with Crippen LogP contribution in [0.3, 0.4) is 0 Å². The van der Waals surface area contributed by atoms with Crippen molar-refractivity contribution in [2.75, 3.05) is 7.05 Å². The van der Waals surface area contributed by atoms with E-state index in [1.54, 1.807) is 0 Å². The molecule has 10 heteroatoms. The van der Waals surface area contributed by atoms with E-state index in [0.29, 0.717) is 4.31 Å². The van der Waals surface area contributed by atoms with Gasteiger partial charge in [0, 0.05) is 7.05 Å². The summed E-state index contributed by atoms with van der Waals surface area (Å²) in [5.41, 5.74) is 0. The molecular formula is C11H12ClF2NO5S. The third-order valence-corrected chi connectivity index (χ3v) is 4.92. The first-order valence-electron chi connectivity index (χ1n) is 5.52. The summed E-state index contributed by atoms with van der Waals surface area (Å²) in [7, 11) is -3.04. The summed E-state index contributed by atoms with van der Waals surface area (Å²) in [6.07, 6.45) is 0. The summed E-state index contributed by atoms with van der Waals surface area (Å²) >= 11 is 5.67. The van der Waals surface area contributed by atoms with Gasteiger partial charge in [-0.15, -0.1) is 0 Å². The SMILES string of the molecule is CC(C(=O)O)N(C)S(=O)(=O)c1ccc(OC(F)F)c(Cl)c1. The molecule has 0 spiro atoms. The van der Waals surface area contributed by atoms with Gasteiger partial charge < -0.3 is 9.84 Å². The second-order valence-corrected chi connectivity index (χ2v) is 6.41. The number of alkyl halides is 2. The number of sulfonamides is 1. The predicted octanol–water partition coefficient (Wildman–Crippen LogP) is 2.04. The van der Waals surface area contributed by atoms with Gasteiger partial charge in [-0.05, 0) is 25.1 Å². The van der Waals surface area contributed by atoms with Crippen molar-refractivity contribution in [3.8, 4) is 5.75 Å². The fourth-order valence-electron chi connectivity index (χ4n) is 1.36. The Morgan fingerprint density at radius 1 is 1.43 bits per heavy atom. The minimum Gasteiger partial charge on any atom is -0.480 e. The fourth-order valence-corrected chi connectivity index (χ4v) is 3.00. The quantitative estimate of drug-likeness (QED) is 0.854. The molecule has 0 amide bonds. The lowest BCUT2D eigenvalue weighted by Crippen LogP contribution is -2.40. The summed E-state index contributed by atoms with van der Waals surface area (Å²) in [5, 5.41) is 8.50. The normalized spacial score (nSPS) is 13.5. The summed E-state index contributed by atoms with van der Waals surface area (Å²) in [6.45, 7) is -1.91. The first kappa shape index (κ1) is 17.6. The van der Waals surface area contributed by atoms with Gasteiger partial charge in [0.2, 0.25) is 10.0 Å². The van der Waals surface area contributed by atoms with E-state index in [2.05, 4.69) is 4.74 Å². The zero-order valence-electron chi connectivity index (χ0n) is 11.0. The molecule has 0 aliphatic rings. The summed E-state index contributed by atoms with van der Waals surface area (Å²) in [5.74, 6) is -1.70. The van der Waals surface area contributed by atoms with Crippen molar-refractivity contribution >= 4 is 27.6 Å². The van der Waals surface area contributed by atoms with E-state index in [-0.39, 0.29) is 15.7 Å². The number of hydrogen-bond acceptors (Lipinski definition) is 4. The molecule has 0 aliphatic carbocycles. The van der Waals surface area contributed by atoms with E-state index in [9.17, 15) is 22.0 Å². The van der Waals surface area contributed by atoms with Gasteiger partial charge in [-0.2, -0.15) is 13.1 Å². The highest BCUT2D eigenvalue weighted by molar-refractivity contribution is 7.89. The van der Waals surface area contributed by atoms with Crippen LogP contribution in [0, 0.1) is 0 Å². The number of halogens is 3. The Kier molecular flexibility index (Phi) is 5.48. The lowest BCUT2D eigenvalue weighted by molar-refractivity contribution is -0.140. The molecule has 1 atom stereocenters. The Balaban J connectivity index is 3.16. The van der Waals surface area contributed by atoms with Gasteiger partial charge in [0.1, 0.15) is 11.8 Å². The molecule has 0 saturated heterocycles. The van der Waals surface area contributed by atoms with Crippen LogP contribution < -0.4 is 4.74 Å². The third-order valence-electron chi connectivity index (χ3n) is 2.70. The van der Waals surface area contributed by atoms with Crippen molar-refractivity contribution in [2.24, 2.45) is 0 Å². The van der Waals surface area contributed by atoms with Gasteiger partial charge in [-0.25, -0.2) is 8.42 Å². The molecule has 21 heavy (non-hydrogen) atoms. The summed E-state index contributed by atoms with van der Waals surface area (Å²) in [6, 6.07) is 1.59. The van der Waals surface area contributed by atoms with Gasteiger partial charge in [0.25, 0.3) is 0 Å². The van der Waals surface area contributed by atoms with E-state index in [0.717, 1.165) is 25.2 Å². The molecule has 118 valence electrons. The number of rotatable bonds is 6. The highest BCUT2D eigenvalue weighted by Gasteiger charge is 2.30. The Labute approximate surface area is 124 Å². The first-order valence-corrected chi connectivity index (χ1v) is 7.34. The molecule has 0 saturated carbocycles. The van der Waals surface area contributed by atoms with Gasteiger partial charge in [0.15, 0.2) is 0 Å². The van der Waals surface area contributed by atoms with E-state index < -0.39 is 28.6 Å². The van der Waals surface area contributed by atoms with Gasteiger partial charge >= 0.3 is 12.6 Å². The molecule has 1 unspecified atom stereocenters. The smallest absolute Gasteiger partial charge is 0.387 e. The first-order chi connectivity index (χ1) is 9.57. The van der Waals surface area contributed by atoms with Crippen molar-refractivity contribution < 1.29 is 31.8 Å². The van der Waals surface area contributed by atoms with Crippen molar-refractivity contribution in [1.29, 1.82) is 0 Å². The highest BCUT2D eigenvalue weighted by Crippen LogP contribution is 2.29. The van der Waals surface area contributed by atoms with Crippen molar-refractivity contribution in [2.45, 2.75) is 24.5 Å². The van der Waals surface area contributed by atoms with Crippen LogP contribution in [0.15, 0.2) is 23.1 Å². The number of hydrogen-bond donors (Lipinski definition) is 1. The molecule has 1 rings (SSSR count). The number of carboxylic acid groups (broad SMARTS) is 1. The number of ether oxygens (including phenoxy) is 1. The van der Waals surface area contributed by atoms with E-state index in [1.165, 1.54) is 6.92 Å². The molecular weight excluding hydrogens is 332 g/mol. The highest BCUT2D eigenvalue weighted by atomic mass is 35.5. The minimum absolute atomic E-state index is 0.326. The van der Waals surface area contributed by atoms with E-state index >= 15 is 0 Å². The van der Waals surface area contributed by atoms with Crippen molar-refractivity contribution in [3.05, 3.63) is 23.2 Å². The Morgan fingerprint density at radius 2 is 2.00 bits per heavy atom. The number of aliphatic carboxylic acids is 1. The van der Waals surface area contributed by atoms with Crippen LogP contribution in [-0.2, 0) is 14.8 Å². The monoisotopic (exact) mass is 343 g/mol. The minimum atomic E-state index is -4.13. The molecule has 0 aliphatic heterocycles. The van der Waals surface area contributed by atoms with Gasteiger partial charge in [-0.1, -0.05) is 11.6 Å². The molecule has 0 aromatic heterocycles. The standard InChI is InChI=1S/C11H12ClF2NO5S/c1-6(10(16)17)15(2)21(18,19)7-3-4-9(8(12)5-7)20-11(13)14/h3-6,11H,1-2H3,(H,16,17). The molecule has 6 nitrogen and oxygen atoms in total. The Morgan fingerprint density at radius 3 is 2.43 bits per heavy atom. The van der Waals surface area contributed by atoms with Crippen LogP contribution in [0.5, 0.6) is 5.75 Å². The van der Waals surface area contributed by atoms with Crippen LogP contribution in [0.2, 0.25) is 5.02 Å². The van der Waals surface area contributed by atoms with Gasteiger partial charge in [0.05, 0.1) is 9.92 Å². The molecule has 0 bridgehead atoms. The average Bonchev–Trinajstić information content (AvgIpc) is 2.38. The average molecular weight is 344 g/mol. The lowest BCUT2D eigenvalue weighted by Gasteiger charge is -2.21. The molecule has 0 heterocycles. The molecule has 1 aromatic rings. The third kappa shape index (κ3) is 4.02. The molecule has 0 fully saturated rings. The number of benzene rings is 1. The maximum Gasteiger partial charge on any atom is 0.387 e. The maximum atomic E-state index is 12.2. The molecule has 1 aromatic carbocycles. The van der Waals surface area contributed by atoms with Gasteiger partial charge in [-0.3, -0.25) is 4.79 Å². The molecule has 1 N–H and O–H groups in total. The second kappa shape index (κ2) is 6.54. The molecule has 0 radical (unpaired) electrons. The van der Waals surface area contributed by atoms with Crippen LogP contribution >= 0.6 is 11.6 Å². The Bertz CT molecular complexity index is 638. The van der Waals surface area contributed by atoms with Crippen LogP contribution in [0.25, 0.3) is 0 Å². The van der Waals surface area contributed by atoms with Crippen molar-refractivity contribution in [3.63, 3.8) is 0 Å². The largest absolute Gasteiger partial charge is 0.480 e. The summed E-state index contributed by atoms with van der Waals surface area (Å²) < 4.78 is 53.3. The van der Waals surface area contributed by atoms with Crippen LogP contribution in [0.1, 0.15) is 6.92 Å². The number of carboxylic acids is 1. The Hall–Kier alpha value is -1.45. The predicted molar refractivity (Wildman–Crippen MR) is 70.1 cm³/mol. The van der Waals surface area contributed by atoms with Crippen molar-refractivity contribution in [1.82, 2.24) is 4.31 Å². The van der Waals surface area contributed by atoms with E-state index in [1.807, 2.05) is 0 Å². The maximum absolute atomic E-state index is 12.2. The lowest BCUT2D eigenvalue weighted by atomic mass is 10.3. The second-order valence-electron chi connectivity index (χ2n) is 4.01. The number of nitrogens with zero attached hydrogens (tertiary/aromatic N) is 1. The fraction of sp³-hybridized carbons (Fsp3) is 0.364. The van der Waals surface area contributed by atoms with E-state index in [4.69, 9.17) is 16.7 Å². The van der Waals surface area contributed by atoms with Crippen LogP contribution in [0.4, 0.5) is 8.78 Å². The zero-order chi connectivity index (χ0) is 16.4. The van der Waals surface area contributed by atoms with Crippen LogP contribution in [-0.4, -0.2) is 43.5 Å². The topological polar surface area (TPSA) is 83.9 Å². The zero-order valence-corrected chi connectivity index (χ0v) is 12.5. The summed E-state index contributed by atoms with van der Waals surface area (Å²) in [4.78, 5) is 10.5. The number of likely N-dealkylation sites (N-methyl/N-ethyl adjacent to an activating group) is 1. The number of carbonyl (C=O) groups is 1.